The van der Waals surface area contributed by atoms with Crippen LogP contribution in [0.15, 0.2) is 18.2 Å². The van der Waals surface area contributed by atoms with Gasteiger partial charge in [-0.15, -0.1) is 0 Å². The van der Waals surface area contributed by atoms with Crippen LogP contribution in [0.25, 0.3) is 0 Å². The van der Waals surface area contributed by atoms with Crippen molar-refractivity contribution in [3.05, 3.63) is 34.9 Å². The maximum atomic E-state index is 12.3. The van der Waals surface area contributed by atoms with Gasteiger partial charge in [-0.1, -0.05) is 49.6 Å². The zero-order chi connectivity index (χ0) is 15.9. The summed E-state index contributed by atoms with van der Waals surface area (Å²) in [7, 11) is -3.01. The molecule has 3 nitrogen and oxygen atoms in total. The van der Waals surface area contributed by atoms with Crippen molar-refractivity contribution in [2.45, 2.75) is 53.0 Å². The van der Waals surface area contributed by atoms with Crippen LogP contribution >= 0.6 is 0 Å². The molecule has 0 aliphatic carbocycles. The fourth-order valence-corrected chi connectivity index (χ4v) is 4.22. The first kappa shape index (κ1) is 18.2. The van der Waals surface area contributed by atoms with Gasteiger partial charge in [-0.2, -0.15) is 0 Å². The Morgan fingerprint density at radius 2 is 1.67 bits per heavy atom. The van der Waals surface area contributed by atoms with Crippen LogP contribution < -0.4 is 5.32 Å². The number of hydrogen-bond donors (Lipinski definition) is 1. The molecule has 1 unspecified atom stereocenters. The van der Waals surface area contributed by atoms with Gasteiger partial charge >= 0.3 is 0 Å². The van der Waals surface area contributed by atoms with E-state index in [4.69, 9.17) is 0 Å². The largest absolute Gasteiger partial charge is 0.309 e. The third kappa shape index (κ3) is 6.62. The zero-order valence-corrected chi connectivity index (χ0v) is 14.6. The van der Waals surface area contributed by atoms with Crippen molar-refractivity contribution >= 4 is 9.84 Å². The Labute approximate surface area is 130 Å². The van der Waals surface area contributed by atoms with E-state index in [1.54, 1.807) is 0 Å². The second-order valence-corrected chi connectivity index (χ2v) is 8.12. The molecule has 0 fully saturated rings. The van der Waals surface area contributed by atoms with Crippen molar-refractivity contribution in [1.29, 1.82) is 0 Å². The molecule has 0 radical (unpaired) electrons. The van der Waals surface area contributed by atoms with Crippen LogP contribution in [0.5, 0.6) is 0 Å². The Hall–Kier alpha value is -0.870. The number of hydrogen-bond acceptors (Lipinski definition) is 3. The summed E-state index contributed by atoms with van der Waals surface area (Å²) in [4.78, 5) is 0. The average Bonchev–Trinajstić information content (AvgIpc) is 2.40. The molecule has 0 spiro atoms. The summed E-state index contributed by atoms with van der Waals surface area (Å²) >= 11 is 0. The highest BCUT2D eigenvalue weighted by molar-refractivity contribution is 7.91. The molecule has 0 saturated carbocycles. The van der Waals surface area contributed by atoms with Crippen LogP contribution in [-0.4, -0.2) is 26.5 Å². The van der Waals surface area contributed by atoms with Gasteiger partial charge in [-0.3, -0.25) is 0 Å². The van der Waals surface area contributed by atoms with Crippen LogP contribution in [-0.2, 0) is 9.84 Å². The van der Waals surface area contributed by atoms with Crippen molar-refractivity contribution in [2.75, 3.05) is 18.1 Å². The fraction of sp³-hybridized carbons (Fsp3) is 0.647. The van der Waals surface area contributed by atoms with E-state index in [9.17, 15) is 8.42 Å². The quantitative estimate of drug-likeness (QED) is 0.758. The van der Waals surface area contributed by atoms with Crippen molar-refractivity contribution in [3.63, 3.8) is 0 Å². The molecule has 1 atom stereocenters. The standard InChI is InChI=1S/C17H29NO2S/c1-5-7-9-21(19,20)13-17(18-8-6-2)16-11-14(3)10-15(4)12-16/h10-12,17-18H,5-9,13H2,1-4H3. The summed E-state index contributed by atoms with van der Waals surface area (Å²) in [5.41, 5.74) is 3.44. The molecule has 0 bridgehead atoms. The first-order valence-corrected chi connectivity index (χ1v) is 9.72. The van der Waals surface area contributed by atoms with Gasteiger partial charge in [0.2, 0.25) is 0 Å². The Balaban J connectivity index is 2.94. The molecule has 1 aromatic rings. The molecule has 0 aliphatic heterocycles. The van der Waals surface area contributed by atoms with Crippen LogP contribution in [0.2, 0.25) is 0 Å². The van der Waals surface area contributed by atoms with E-state index >= 15 is 0 Å². The van der Waals surface area contributed by atoms with Crippen LogP contribution in [0.1, 0.15) is 55.8 Å². The second-order valence-electron chi connectivity index (χ2n) is 5.90. The van der Waals surface area contributed by atoms with Crippen molar-refractivity contribution in [1.82, 2.24) is 5.32 Å². The Morgan fingerprint density at radius 3 is 2.19 bits per heavy atom. The molecule has 1 rings (SSSR count). The molecule has 0 saturated heterocycles. The number of aryl methyl sites for hydroxylation is 2. The highest BCUT2D eigenvalue weighted by Crippen LogP contribution is 2.19. The minimum Gasteiger partial charge on any atom is -0.309 e. The molecule has 1 N–H and O–H groups in total. The minimum atomic E-state index is -3.01. The molecule has 0 amide bonds. The van der Waals surface area contributed by atoms with Gasteiger partial charge in [0.15, 0.2) is 9.84 Å². The van der Waals surface area contributed by atoms with Crippen molar-refractivity contribution in [2.24, 2.45) is 0 Å². The SMILES string of the molecule is CCCCS(=O)(=O)CC(NCCC)c1cc(C)cc(C)c1. The number of sulfone groups is 1. The molecule has 0 aromatic heterocycles. The molecular weight excluding hydrogens is 282 g/mol. The van der Waals surface area contributed by atoms with E-state index in [1.165, 1.54) is 11.1 Å². The minimum absolute atomic E-state index is 0.106. The van der Waals surface area contributed by atoms with E-state index < -0.39 is 9.84 Å². The van der Waals surface area contributed by atoms with Gasteiger partial charge in [-0.25, -0.2) is 8.42 Å². The molecule has 0 heterocycles. The topological polar surface area (TPSA) is 46.2 Å². The monoisotopic (exact) mass is 311 g/mol. The van der Waals surface area contributed by atoms with Gasteiger partial charge in [0.25, 0.3) is 0 Å². The van der Waals surface area contributed by atoms with Gasteiger partial charge in [0, 0.05) is 6.04 Å². The fourth-order valence-electron chi connectivity index (χ4n) is 2.50. The maximum Gasteiger partial charge on any atom is 0.152 e. The van der Waals surface area contributed by atoms with Gasteiger partial charge < -0.3 is 5.32 Å². The Morgan fingerprint density at radius 1 is 1.05 bits per heavy atom. The van der Waals surface area contributed by atoms with Crippen molar-refractivity contribution in [3.8, 4) is 0 Å². The lowest BCUT2D eigenvalue weighted by molar-refractivity contribution is 0.544. The van der Waals surface area contributed by atoms with E-state index in [1.807, 2.05) is 6.92 Å². The molecule has 120 valence electrons. The number of unbranched alkanes of at least 4 members (excludes halogenated alkanes) is 1. The lowest BCUT2D eigenvalue weighted by atomic mass is 10.0. The molecule has 4 heteroatoms. The Kier molecular flexibility index (Phi) is 7.40. The number of nitrogens with one attached hydrogen (secondary N) is 1. The predicted molar refractivity (Wildman–Crippen MR) is 90.5 cm³/mol. The van der Waals surface area contributed by atoms with Gasteiger partial charge in [0.1, 0.15) is 0 Å². The normalized spacial score (nSPS) is 13.3. The summed E-state index contributed by atoms with van der Waals surface area (Å²) in [6.07, 6.45) is 2.65. The number of rotatable bonds is 9. The molecule has 1 aromatic carbocycles. The summed E-state index contributed by atoms with van der Waals surface area (Å²) in [5.74, 6) is 0.481. The van der Waals surface area contributed by atoms with E-state index in [-0.39, 0.29) is 11.8 Å². The lowest BCUT2D eigenvalue weighted by Crippen LogP contribution is -2.30. The lowest BCUT2D eigenvalue weighted by Gasteiger charge is -2.20. The molecular formula is C17H29NO2S. The van der Waals surface area contributed by atoms with E-state index in [0.29, 0.717) is 5.75 Å². The predicted octanol–water partition coefficient (Wildman–Crippen LogP) is 3.56. The highest BCUT2D eigenvalue weighted by atomic mass is 32.2. The first-order chi connectivity index (χ1) is 9.88. The maximum absolute atomic E-state index is 12.3. The van der Waals surface area contributed by atoms with Crippen molar-refractivity contribution < 1.29 is 8.42 Å². The first-order valence-electron chi connectivity index (χ1n) is 7.90. The third-order valence-corrected chi connectivity index (χ3v) is 5.27. The van der Waals surface area contributed by atoms with E-state index in [2.05, 4.69) is 44.3 Å². The molecule has 21 heavy (non-hydrogen) atoms. The average molecular weight is 311 g/mol. The second kappa shape index (κ2) is 8.54. The summed E-state index contributed by atoms with van der Waals surface area (Å²) < 4.78 is 24.5. The highest BCUT2D eigenvalue weighted by Gasteiger charge is 2.20. The smallest absolute Gasteiger partial charge is 0.152 e. The molecule has 0 aliphatic rings. The van der Waals surface area contributed by atoms with E-state index in [0.717, 1.165) is 31.4 Å². The zero-order valence-electron chi connectivity index (χ0n) is 13.8. The van der Waals surface area contributed by atoms with Gasteiger partial charge in [0.05, 0.1) is 11.5 Å². The third-order valence-electron chi connectivity index (χ3n) is 3.52. The summed E-state index contributed by atoms with van der Waals surface area (Å²) in [5, 5.41) is 3.39. The summed E-state index contributed by atoms with van der Waals surface area (Å²) in [6.45, 7) is 9.06. The van der Waals surface area contributed by atoms with Crippen LogP contribution in [0.4, 0.5) is 0 Å². The van der Waals surface area contributed by atoms with Crippen LogP contribution in [0.3, 0.4) is 0 Å². The van der Waals surface area contributed by atoms with Crippen LogP contribution in [0, 0.1) is 13.8 Å². The Bertz CT molecular complexity index is 517. The summed E-state index contributed by atoms with van der Waals surface area (Å²) in [6, 6.07) is 6.20. The number of benzene rings is 1. The van der Waals surface area contributed by atoms with Gasteiger partial charge in [-0.05, 0) is 38.8 Å².